The van der Waals surface area contributed by atoms with Crippen molar-refractivity contribution in [2.45, 2.75) is 45.8 Å². The third-order valence-electron chi connectivity index (χ3n) is 5.76. The van der Waals surface area contributed by atoms with Gasteiger partial charge >= 0.3 is 6.09 Å². The van der Waals surface area contributed by atoms with Crippen LogP contribution in [-0.4, -0.2) is 36.7 Å². The van der Waals surface area contributed by atoms with Crippen molar-refractivity contribution in [2.75, 3.05) is 24.5 Å². The quantitative estimate of drug-likeness (QED) is 0.738. The number of hydrogen-bond donors (Lipinski definition) is 0. The fourth-order valence-corrected chi connectivity index (χ4v) is 5.09. The van der Waals surface area contributed by atoms with E-state index in [1.807, 2.05) is 12.1 Å². The number of rotatable bonds is 5. The molecule has 144 valence electrons. The highest BCUT2D eigenvalue weighted by Crippen LogP contribution is 2.31. The van der Waals surface area contributed by atoms with Crippen LogP contribution in [0, 0.1) is 12.8 Å². The Morgan fingerprint density at radius 2 is 2.00 bits per heavy atom. The first-order valence-corrected chi connectivity index (χ1v) is 10.8. The molecule has 0 spiro atoms. The summed E-state index contributed by atoms with van der Waals surface area (Å²) in [7, 11) is 0. The topological polar surface area (TPSA) is 32.8 Å². The van der Waals surface area contributed by atoms with E-state index >= 15 is 0 Å². The van der Waals surface area contributed by atoms with E-state index in [1.54, 1.807) is 16.2 Å². The average Bonchev–Trinajstić information content (AvgIpc) is 3.15. The molecule has 0 aliphatic carbocycles. The summed E-state index contributed by atoms with van der Waals surface area (Å²) in [6.07, 6.45) is 3.13. The first-order valence-electron chi connectivity index (χ1n) is 9.97. The van der Waals surface area contributed by atoms with Crippen LogP contribution in [-0.2, 0) is 17.7 Å². The van der Waals surface area contributed by atoms with Crippen LogP contribution in [0.25, 0.3) is 0 Å². The van der Waals surface area contributed by atoms with E-state index in [4.69, 9.17) is 4.74 Å². The molecule has 4 heterocycles. The molecule has 1 aromatic carbocycles. The predicted octanol–water partition coefficient (Wildman–Crippen LogP) is 4.86. The number of nitrogens with zero attached hydrogens (tertiary/aromatic N) is 2. The zero-order valence-electron chi connectivity index (χ0n) is 16.2. The summed E-state index contributed by atoms with van der Waals surface area (Å²) in [6.45, 7) is 7.96. The Morgan fingerprint density at radius 1 is 1.22 bits per heavy atom. The summed E-state index contributed by atoms with van der Waals surface area (Å²) < 4.78 is 6.04. The van der Waals surface area contributed by atoms with E-state index in [1.165, 1.54) is 9.75 Å². The number of aryl methyl sites for hydroxylation is 2. The molecule has 2 aromatic rings. The SMILES string of the molecule is CCc1ccc(CN(C(=O)OC2CN3CCC2CC3)c2cccc(C)c2)s1. The fourth-order valence-electron chi connectivity index (χ4n) is 4.15. The lowest BCUT2D eigenvalue weighted by molar-refractivity contribution is -0.0311. The minimum Gasteiger partial charge on any atom is -0.444 e. The first kappa shape index (κ1) is 18.5. The van der Waals surface area contributed by atoms with Crippen LogP contribution in [0.4, 0.5) is 10.5 Å². The molecule has 1 atom stereocenters. The summed E-state index contributed by atoms with van der Waals surface area (Å²) in [4.78, 5) is 19.9. The number of benzene rings is 1. The lowest BCUT2D eigenvalue weighted by atomic mass is 9.86. The van der Waals surface area contributed by atoms with Gasteiger partial charge in [0, 0.05) is 22.0 Å². The molecule has 27 heavy (non-hydrogen) atoms. The van der Waals surface area contributed by atoms with Crippen LogP contribution in [0.3, 0.4) is 0 Å². The number of carbonyl (C=O) groups excluding carboxylic acids is 1. The number of carbonyl (C=O) groups is 1. The maximum Gasteiger partial charge on any atom is 0.414 e. The van der Waals surface area contributed by atoms with Crippen LogP contribution >= 0.6 is 11.3 Å². The van der Waals surface area contributed by atoms with Gasteiger partial charge in [-0.1, -0.05) is 19.1 Å². The summed E-state index contributed by atoms with van der Waals surface area (Å²) in [5, 5.41) is 0. The van der Waals surface area contributed by atoms with E-state index in [0.717, 1.165) is 50.1 Å². The smallest absolute Gasteiger partial charge is 0.414 e. The normalized spacial score (nSPS) is 24.0. The van der Waals surface area contributed by atoms with Gasteiger partial charge in [-0.2, -0.15) is 0 Å². The Hall–Kier alpha value is -1.85. The van der Waals surface area contributed by atoms with Gasteiger partial charge in [0.15, 0.2) is 0 Å². The second-order valence-electron chi connectivity index (χ2n) is 7.71. The Bertz CT molecular complexity index is 795. The van der Waals surface area contributed by atoms with Crippen molar-refractivity contribution in [3.05, 3.63) is 51.7 Å². The molecule has 3 aliphatic heterocycles. The number of piperidine rings is 3. The third-order valence-corrected chi connectivity index (χ3v) is 6.98. The first-order chi connectivity index (χ1) is 13.1. The van der Waals surface area contributed by atoms with Crippen molar-refractivity contribution in [1.29, 1.82) is 0 Å². The van der Waals surface area contributed by atoms with E-state index in [9.17, 15) is 4.79 Å². The number of anilines is 1. The minimum absolute atomic E-state index is 0.0295. The Kier molecular flexibility index (Phi) is 5.50. The fraction of sp³-hybridized carbons (Fsp3) is 0.500. The van der Waals surface area contributed by atoms with Crippen molar-refractivity contribution < 1.29 is 9.53 Å². The van der Waals surface area contributed by atoms with E-state index in [2.05, 4.69) is 43.0 Å². The van der Waals surface area contributed by atoms with Gasteiger partial charge in [-0.05, 0) is 75.0 Å². The van der Waals surface area contributed by atoms with Gasteiger partial charge in [-0.3, -0.25) is 9.80 Å². The van der Waals surface area contributed by atoms with Crippen LogP contribution in [0.1, 0.15) is 35.1 Å². The highest BCUT2D eigenvalue weighted by Gasteiger charge is 2.37. The summed E-state index contributed by atoms with van der Waals surface area (Å²) in [5.74, 6) is 0.520. The van der Waals surface area contributed by atoms with Crippen LogP contribution in [0.2, 0.25) is 0 Å². The molecule has 0 N–H and O–H groups in total. The monoisotopic (exact) mass is 384 g/mol. The van der Waals surface area contributed by atoms with Crippen LogP contribution in [0.15, 0.2) is 36.4 Å². The highest BCUT2D eigenvalue weighted by molar-refractivity contribution is 7.12. The number of amides is 1. The molecular weight excluding hydrogens is 356 g/mol. The largest absolute Gasteiger partial charge is 0.444 e. The van der Waals surface area contributed by atoms with Crippen molar-refractivity contribution in [1.82, 2.24) is 4.90 Å². The lowest BCUT2D eigenvalue weighted by Crippen LogP contribution is -2.53. The van der Waals surface area contributed by atoms with Crippen molar-refractivity contribution in [3.63, 3.8) is 0 Å². The van der Waals surface area contributed by atoms with Gasteiger partial charge < -0.3 is 4.74 Å². The maximum absolute atomic E-state index is 13.2. The van der Waals surface area contributed by atoms with Gasteiger partial charge in [-0.15, -0.1) is 11.3 Å². The predicted molar refractivity (Wildman–Crippen MR) is 110 cm³/mol. The van der Waals surface area contributed by atoms with Crippen LogP contribution in [0.5, 0.6) is 0 Å². The molecule has 0 saturated carbocycles. The summed E-state index contributed by atoms with van der Waals surface area (Å²) in [5.41, 5.74) is 2.06. The third kappa shape index (κ3) is 4.19. The van der Waals surface area contributed by atoms with Crippen molar-refractivity contribution >= 4 is 23.1 Å². The number of fused-ring (bicyclic) bond motifs is 3. The molecule has 1 amide bonds. The van der Waals surface area contributed by atoms with Gasteiger partial charge in [0.05, 0.1) is 6.54 Å². The molecular formula is C22H28N2O2S. The zero-order valence-corrected chi connectivity index (χ0v) is 17.0. The highest BCUT2D eigenvalue weighted by atomic mass is 32.1. The molecule has 5 rings (SSSR count). The van der Waals surface area contributed by atoms with Gasteiger partial charge in [0.2, 0.25) is 0 Å². The number of thiophene rings is 1. The van der Waals surface area contributed by atoms with Gasteiger partial charge in [-0.25, -0.2) is 4.79 Å². The lowest BCUT2D eigenvalue weighted by Gasteiger charge is -2.44. The number of hydrogen-bond acceptors (Lipinski definition) is 4. The Balaban J connectivity index is 1.54. The van der Waals surface area contributed by atoms with Crippen LogP contribution < -0.4 is 4.90 Å². The zero-order chi connectivity index (χ0) is 18.8. The molecule has 1 unspecified atom stereocenters. The number of ether oxygens (including phenoxy) is 1. The van der Waals surface area contributed by atoms with Gasteiger partial charge in [0.1, 0.15) is 6.10 Å². The molecule has 1 aromatic heterocycles. The molecule has 0 radical (unpaired) electrons. The molecule has 5 heteroatoms. The molecule has 2 bridgehead atoms. The molecule has 4 nitrogen and oxygen atoms in total. The maximum atomic E-state index is 13.2. The summed E-state index contributed by atoms with van der Waals surface area (Å²) >= 11 is 1.78. The summed E-state index contributed by atoms with van der Waals surface area (Å²) in [6, 6.07) is 12.4. The van der Waals surface area contributed by atoms with Gasteiger partial charge in [0.25, 0.3) is 0 Å². The average molecular weight is 385 g/mol. The Morgan fingerprint density at radius 3 is 2.63 bits per heavy atom. The van der Waals surface area contributed by atoms with E-state index < -0.39 is 0 Å². The van der Waals surface area contributed by atoms with Crippen molar-refractivity contribution in [2.24, 2.45) is 5.92 Å². The second-order valence-corrected chi connectivity index (χ2v) is 8.96. The minimum atomic E-state index is -0.217. The molecule has 3 aliphatic rings. The van der Waals surface area contributed by atoms with E-state index in [-0.39, 0.29) is 12.2 Å². The van der Waals surface area contributed by atoms with Crippen molar-refractivity contribution in [3.8, 4) is 0 Å². The molecule has 3 fully saturated rings. The second kappa shape index (κ2) is 8.03. The standard InChI is InChI=1S/C22H28N2O2S/c1-3-19-7-8-20(27-19)14-24(18-6-4-5-16(2)13-18)22(25)26-21-15-23-11-9-17(21)10-12-23/h4-8,13,17,21H,3,9-12,14-15H2,1-2H3. The Labute approximate surface area is 165 Å². The van der Waals surface area contributed by atoms with E-state index in [0.29, 0.717) is 12.5 Å². The molecule has 3 saturated heterocycles.